The molecule has 38 heavy (non-hydrogen) atoms. The molecule has 0 saturated heterocycles. The Morgan fingerprint density at radius 3 is 2.37 bits per heavy atom. The monoisotopic (exact) mass is 528 g/mol. The lowest BCUT2D eigenvalue weighted by molar-refractivity contribution is -0.275. The summed E-state index contributed by atoms with van der Waals surface area (Å²) in [5.41, 5.74) is 5.12. The number of carbonyl (C=O) groups excluding carboxylic acids is 2. The Balaban J connectivity index is 1.89. The summed E-state index contributed by atoms with van der Waals surface area (Å²) < 4.78 is 53.8. The van der Waals surface area contributed by atoms with Gasteiger partial charge in [-0.1, -0.05) is 37.3 Å². The predicted molar refractivity (Wildman–Crippen MR) is 129 cm³/mol. The third-order valence-electron chi connectivity index (χ3n) is 5.82. The molecule has 4 rings (SSSR count). The molecule has 3 aromatic rings. The van der Waals surface area contributed by atoms with E-state index in [1.54, 1.807) is 37.3 Å². The van der Waals surface area contributed by atoms with Gasteiger partial charge in [-0.05, 0) is 36.8 Å². The van der Waals surface area contributed by atoms with Gasteiger partial charge in [-0.2, -0.15) is 10.1 Å². The molecule has 0 radical (unpaired) electrons. The number of ketones is 1. The number of hydrogen-bond donors (Lipinski definition) is 1. The van der Waals surface area contributed by atoms with Crippen LogP contribution in [0.1, 0.15) is 34.8 Å². The number of halogens is 3. The van der Waals surface area contributed by atoms with Crippen molar-refractivity contribution < 1.29 is 37.0 Å². The lowest BCUT2D eigenvalue weighted by Gasteiger charge is -2.39. The van der Waals surface area contributed by atoms with Crippen LogP contribution in [0.5, 0.6) is 11.5 Å². The van der Waals surface area contributed by atoms with Gasteiger partial charge in [0.25, 0.3) is 0 Å². The van der Waals surface area contributed by atoms with Crippen molar-refractivity contribution >= 4 is 17.6 Å². The number of hydrazone groups is 1. The molecule has 1 aromatic heterocycles. The average molecular weight is 528 g/mol. The fraction of sp³-hybridized carbons (Fsp3) is 0.231. The maximum Gasteiger partial charge on any atom is 0.573 e. The molecule has 198 valence electrons. The standard InChI is InChI=1S/C26H23F3N4O5/c1-3-19-22(17-9-10-20(36-2)21(15-17)38-26(27,28)29)32-33(24(35)37-19)25(30,18-7-5-4-6-8-18)23(34)16-11-13-31-14-12-16/h4-15,19H,3,30H2,1-2H3. The number of pyridine rings is 1. The summed E-state index contributed by atoms with van der Waals surface area (Å²) in [6.07, 6.45) is -3.90. The first kappa shape index (κ1) is 26.6. The number of ether oxygens (including phenoxy) is 3. The van der Waals surface area contributed by atoms with Gasteiger partial charge in [-0.15, -0.1) is 13.2 Å². The van der Waals surface area contributed by atoms with Gasteiger partial charge in [0.15, 0.2) is 11.5 Å². The molecular formula is C26H23F3N4O5. The molecule has 1 aliphatic heterocycles. The second-order valence-electron chi connectivity index (χ2n) is 8.19. The minimum absolute atomic E-state index is 0.0649. The molecule has 0 aliphatic carbocycles. The van der Waals surface area contributed by atoms with Crippen molar-refractivity contribution in [2.75, 3.05) is 7.11 Å². The Labute approximate surface area is 215 Å². The van der Waals surface area contributed by atoms with Gasteiger partial charge < -0.3 is 14.2 Å². The van der Waals surface area contributed by atoms with E-state index in [-0.39, 0.29) is 34.6 Å². The third-order valence-corrected chi connectivity index (χ3v) is 5.82. The summed E-state index contributed by atoms with van der Waals surface area (Å²) in [7, 11) is 1.20. The molecule has 2 atom stereocenters. The first-order valence-corrected chi connectivity index (χ1v) is 11.4. The second kappa shape index (κ2) is 10.5. The number of nitrogens with two attached hydrogens (primary N) is 1. The van der Waals surface area contributed by atoms with Crippen LogP contribution in [0, 0.1) is 0 Å². The predicted octanol–water partition coefficient (Wildman–Crippen LogP) is 4.62. The normalized spacial score (nSPS) is 17.2. The van der Waals surface area contributed by atoms with E-state index in [4.69, 9.17) is 15.2 Å². The van der Waals surface area contributed by atoms with Gasteiger partial charge in [0.1, 0.15) is 11.8 Å². The van der Waals surface area contributed by atoms with Crippen LogP contribution in [0.15, 0.2) is 78.2 Å². The Hall–Kier alpha value is -4.45. The minimum atomic E-state index is -4.99. The highest BCUT2D eigenvalue weighted by molar-refractivity contribution is 6.09. The molecule has 0 fully saturated rings. The Morgan fingerprint density at radius 2 is 1.76 bits per heavy atom. The number of benzene rings is 2. The molecule has 12 heteroatoms. The lowest BCUT2D eigenvalue weighted by Crippen LogP contribution is -2.61. The van der Waals surface area contributed by atoms with Crippen molar-refractivity contribution in [2.45, 2.75) is 31.5 Å². The van der Waals surface area contributed by atoms with Crippen LogP contribution in [0.3, 0.4) is 0 Å². The molecule has 1 amide bonds. The first-order chi connectivity index (χ1) is 18.1. The van der Waals surface area contributed by atoms with Crippen LogP contribution in [-0.2, 0) is 10.4 Å². The quantitative estimate of drug-likeness (QED) is 0.424. The number of carbonyl (C=O) groups is 2. The summed E-state index contributed by atoms with van der Waals surface area (Å²) in [5.74, 6) is -1.47. The van der Waals surface area contributed by atoms with Crippen LogP contribution in [-0.4, -0.2) is 47.2 Å². The third kappa shape index (κ3) is 5.16. The van der Waals surface area contributed by atoms with Crippen molar-refractivity contribution in [1.82, 2.24) is 9.99 Å². The van der Waals surface area contributed by atoms with Gasteiger partial charge in [0.2, 0.25) is 11.4 Å². The van der Waals surface area contributed by atoms with E-state index in [1.165, 1.54) is 43.8 Å². The number of aromatic nitrogens is 1. The molecule has 2 aromatic carbocycles. The highest BCUT2D eigenvalue weighted by atomic mass is 19.4. The maximum absolute atomic E-state index is 13.8. The summed E-state index contributed by atoms with van der Waals surface area (Å²) in [6, 6.07) is 14.7. The highest BCUT2D eigenvalue weighted by Gasteiger charge is 2.49. The lowest BCUT2D eigenvalue weighted by atomic mass is 9.90. The highest BCUT2D eigenvalue weighted by Crippen LogP contribution is 2.36. The van der Waals surface area contributed by atoms with Gasteiger partial charge in [-0.3, -0.25) is 15.5 Å². The topological polar surface area (TPSA) is 116 Å². The summed E-state index contributed by atoms with van der Waals surface area (Å²) >= 11 is 0. The smallest absolute Gasteiger partial charge is 0.493 e. The second-order valence-corrected chi connectivity index (χ2v) is 8.19. The number of hydrogen-bond acceptors (Lipinski definition) is 8. The molecule has 0 bridgehead atoms. The number of methoxy groups -OCH3 is 1. The van der Waals surface area contributed by atoms with E-state index in [2.05, 4.69) is 14.8 Å². The zero-order valence-electron chi connectivity index (χ0n) is 20.3. The Kier molecular flexibility index (Phi) is 7.35. The van der Waals surface area contributed by atoms with E-state index >= 15 is 0 Å². The number of alkyl halides is 3. The van der Waals surface area contributed by atoms with Crippen molar-refractivity contribution in [2.24, 2.45) is 10.8 Å². The number of amides is 1. The van der Waals surface area contributed by atoms with Gasteiger partial charge in [-0.25, -0.2) is 4.79 Å². The molecule has 2 heterocycles. The summed E-state index contributed by atoms with van der Waals surface area (Å²) in [5, 5.41) is 5.12. The largest absolute Gasteiger partial charge is 0.573 e. The zero-order valence-corrected chi connectivity index (χ0v) is 20.3. The average Bonchev–Trinajstić information content (AvgIpc) is 2.92. The van der Waals surface area contributed by atoms with E-state index in [1.807, 2.05) is 0 Å². The van der Waals surface area contributed by atoms with Crippen LogP contribution < -0.4 is 15.2 Å². The number of nitrogens with zero attached hydrogens (tertiary/aromatic N) is 3. The fourth-order valence-corrected chi connectivity index (χ4v) is 3.99. The van der Waals surface area contributed by atoms with Crippen LogP contribution in [0.25, 0.3) is 0 Å². The van der Waals surface area contributed by atoms with Crippen LogP contribution in [0.2, 0.25) is 0 Å². The number of Topliss-reactive ketones (excluding diaryl/α,β-unsaturated/α-hetero) is 1. The zero-order chi connectivity index (χ0) is 27.5. The fourth-order valence-electron chi connectivity index (χ4n) is 3.99. The SMILES string of the molecule is CCC1OC(=O)N(C(N)(C(=O)c2ccncc2)c2ccccc2)N=C1c1ccc(OC)c(OC(F)(F)F)c1. The summed E-state index contributed by atoms with van der Waals surface area (Å²) in [6.45, 7) is 1.70. The molecule has 0 spiro atoms. The van der Waals surface area contributed by atoms with Crippen LogP contribution in [0.4, 0.5) is 18.0 Å². The minimum Gasteiger partial charge on any atom is -0.493 e. The molecule has 0 saturated carbocycles. The van der Waals surface area contributed by atoms with Gasteiger partial charge in [0, 0.05) is 29.1 Å². The van der Waals surface area contributed by atoms with Crippen molar-refractivity contribution in [3.05, 3.63) is 89.7 Å². The molecule has 1 aliphatic rings. The number of cyclic esters (lactones) is 1. The van der Waals surface area contributed by atoms with E-state index < -0.39 is 35.8 Å². The summed E-state index contributed by atoms with van der Waals surface area (Å²) in [4.78, 5) is 30.9. The van der Waals surface area contributed by atoms with Crippen molar-refractivity contribution in [3.63, 3.8) is 0 Å². The van der Waals surface area contributed by atoms with Crippen LogP contribution >= 0.6 is 0 Å². The maximum atomic E-state index is 13.8. The van der Waals surface area contributed by atoms with Gasteiger partial charge in [0.05, 0.1) is 7.11 Å². The van der Waals surface area contributed by atoms with Gasteiger partial charge >= 0.3 is 12.5 Å². The Bertz CT molecular complexity index is 1350. The molecular weight excluding hydrogens is 505 g/mol. The van der Waals surface area contributed by atoms with E-state index in [9.17, 15) is 22.8 Å². The van der Waals surface area contributed by atoms with E-state index in [0.29, 0.717) is 5.01 Å². The van der Waals surface area contributed by atoms with Crippen molar-refractivity contribution in [3.8, 4) is 11.5 Å². The molecule has 2 N–H and O–H groups in total. The molecule has 9 nitrogen and oxygen atoms in total. The van der Waals surface area contributed by atoms with E-state index in [0.717, 1.165) is 6.07 Å². The first-order valence-electron chi connectivity index (χ1n) is 11.4. The molecule has 2 unspecified atom stereocenters. The van der Waals surface area contributed by atoms with Crippen molar-refractivity contribution in [1.29, 1.82) is 0 Å². The number of rotatable bonds is 8. The Morgan fingerprint density at radius 1 is 1.08 bits per heavy atom.